The van der Waals surface area contributed by atoms with Crippen molar-refractivity contribution in [3.63, 3.8) is 0 Å². The molecule has 0 aromatic heterocycles. The monoisotopic (exact) mass is 420 g/mol. The fourth-order valence-corrected chi connectivity index (χ4v) is 3.44. The summed E-state index contributed by atoms with van der Waals surface area (Å²) in [5, 5.41) is 0. The van der Waals surface area contributed by atoms with E-state index in [1.165, 1.54) is 6.07 Å². The highest BCUT2D eigenvalue weighted by molar-refractivity contribution is 7.90. The summed E-state index contributed by atoms with van der Waals surface area (Å²) in [6.07, 6.45) is 5.04. The normalized spacial score (nSPS) is 14.7. The summed E-state index contributed by atoms with van der Waals surface area (Å²) >= 11 is 0. The molecule has 0 spiro atoms. The minimum atomic E-state index is -3.67. The predicted molar refractivity (Wildman–Crippen MR) is 103 cm³/mol. The van der Waals surface area contributed by atoms with E-state index in [0.29, 0.717) is 11.9 Å². The minimum Gasteiger partial charge on any atom is -0.370 e. The van der Waals surface area contributed by atoms with E-state index in [1.54, 1.807) is 12.1 Å². The molecular weight excluding hydrogens is 396 g/mol. The van der Waals surface area contributed by atoms with Gasteiger partial charge in [0.05, 0.1) is 16.8 Å². The van der Waals surface area contributed by atoms with Crippen LogP contribution in [0.3, 0.4) is 0 Å². The first-order chi connectivity index (χ1) is 12.3. The molecule has 0 radical (unpaired) electrons. The molecule has 0 bridgehead atoms. The van der Waals surface area contributed by atoms with Gasteiger partial charge in [-0.05, 0) is 37.5 Å². The van der Waals surface area contributed by atoms with Crippen LogP contribution in [0, 0.1) is 0 Å². The number of benzene rings is 1. The molecule has 0 unspecified atom stereocenters. The van der Waals surface area contributed by atoms with E-state index in [0.717, 1.165) is 38.6 Å². The van der Waals surface area contributed by atoms with E-state index in [1.807, 2.05) is 4.90 Å². The van der Waals surface area contributed by atoms with E-state index < -0.39 is 25.9 Å². The molecule has 1 aliphatic heterocycles. The fraction of sp³-hybridized carbons (Fsp3) is 0.467. The minimum absolute atomic E-state index is 0.131. The highest BCUT2D eigenvalue weighted by Crippen LogP contribution is 2.29. The summed E-state index contributed by atoms with van der Waals surface area (Å²) in [7, 11) is -7.14. The van der Waals surface area contributed by atoms with Crippen LogP contribution in [0.5, 0.6) is 0 Å². The first kappa shape index (κ1) is 22.9. The number of piperidine rings is 1. The van der Waals surface area contributed by atoms with E-state index >= 15 is 0 Å². The topological polar surface area (TPSA) is 173 Å². The molecule has 1 fully saturated rings. The Hall–Kier alpha value is -2.18. The number of hydrogen-bond donors (Lipinski definition) is 3. The Kier molecular flexibility index (Phi) is 7.75. The van der Waals surface area contributed by atoms with Gasteiger partial charge in [0.2, 0.25) is 0 Å². The summed E-state index contributed by atoms with van der Waals surface area (Å²) in [6.45, 7) is 1.62. The summed E-state index contributed by atoms with van der Waals surface area (Å²) in [5.74, 6) is -1.01. The summed E-state index contributed by atoms with van der Waals surface area (Å²) in [6, 6.07) is 4.54. The smallest absolute Gasteiger partial charge is 0.280 e. The number of rotatable bonds is 3. The third kappa shape index (κ3) is 8.37. The lowest BCUT2D eigenvalue weighted by Gasteiger charge is -2.30. The highest BCUT2D eigenvalue weighted by atomic mass is 32.2. The molecule has 12 heteroatoms. The van der Waals surface area contributed by atoms with Gasteiger partial charge in [0.1, 0.15) is 0 Å². The van der Waals surface area contributed by atoms with Crippen molar-refractivity contribution in [3.05, 3.63) is 23.8 Å². The van der Waals surface area contributed by atoms with Crippen molar-refractivity contribution in [2.45, 2.75) is 24.2 Å². The van der Waals surface area contributed by atoms with Crippen molar-refractivity contribution in [2.24, 2.45) is 16.5 Å². The lowest BCUT2D eigenvalue weighted by Crippen LogP contribution is -2.30. The Morgan fingerprint density at radius 1 is 1.07 bits per heavy atom. The van der Waals surface area contributed by atoms with Crippen molar-refractivity contribution in [1.82, 2.24) is 0 Å². The maximum absolute atomic E-state index is 12.1. The van der Waals surface area contributed by atoms with Gasteiger partial charge in [0.15, 0.2) is 15.8 Å². The van der Waals surface area contributed by atoms with Crippen LogP contribution < -0.4 is 16.4 Å². The molecule has 1 saturated heterocycles. The van der Waals surface area contributed by atoms with Gasteiger partial charge < -0.3 is 16.4 Å². The van der Waals surface area contributed by atoms with Crippen LogP contribution in [0.4, 0.5) is 5.69 Å². The average Bonchev–Trinajstić information content (AvgIpc) is 2.52. The Morgan fingerprint density at radius 2 is 1.59 bits per heavy atom. The fourth-order valence-electron chi connectivity index (χ4n) is 2.52. The van der Waals surface area contributed by atoms with E-state index in [4.69, 9.17) is 16.0 Å². The lowest BCUT2D eigenvalue weighted by molar-refractivity contribution is 0.100. The van der Waals surface area contributed by atoms with E-state index in [-0.39, 0.29) is 16.4 Å². The number of nitrogens with two attached hydrogens (primary N) is 2. The van der Waals surface area contributed by atoms with Crippen molar-refractivity contribution < 1.29 is 26.2 Å². The Bertz CT molecular complexity index is 908. The predicted octanol–water partition coefficient (Wildman–Crippen LogP) is -0.00200. The van der Waals surface area contributed by atoms with Crippen LogP contribution in [0.15, 0.2) is 28.1 Å². The number of guanidine groups is 1. The molecule has 152 valence electrons. The van der Waals surface area contributed by atoms with E-state index in [2.05, 4.69) is 4.99 Å². The zero-order valence-electron chi connectivity index (χ0n) is 15.1. The summed E-state index contributed by atoms with van der Waals surface area (Å²) < 4.78 is 50.0. The van der Waals surface area contributed by atoms with Gasteiger partial charge in [-0.2, -0.15) is 13.4 Å². The molecular formula is C15H24N4O6S2. The number of aliphatic imine (C=N–C) groups is 1. The van der Waals surface area contributed by atoms with Crippen LogP contribution >= 0.6 is 0 Å². The average molecular weight is 421 g/mol. The third-order valence-corrected chi connectivity index (χ3v) is 4.66. The second-order valence-electron chi connectivity index (χ2n) is 6.08. The molecule has 1 aliphatic rings. The number of amides is 1. The number of carbonyl (C=O) groups excluding carboxylic acids is 1. The van der Waals surface area contributed by atoms with Crippen molar-refractivity contribution >= 4 is 37.5 Å². The molecule has 0 aliphatic carbocycles. The Labute approximate surface area is 158 Å². The molecule has 27 heavy (non-hydrogen) atoms. The van der Waals surface area contributed by atoms with Crippen molar-refractivity contribution in [3.8, 4) is 0 Å². The maximum atomic E-state index is 12.1. The quantitative estimate of drug-likeness (QED) is 0.345. The van der Waals surface area contributed by atoms with Gasteiger partial charge in [-0.3, -0.25) is 9.35 Å². The zero-order chi connectivity index (χ0) is 20.8. The largest absolute Gasteiger partial charge is 0.370 e. The molecule has 1 amide bonds. The van der Waals surface area contributed by atoms with Gasteiger partial charge in [0.25, 0.3) is 16.0 Å². The number of anilines is 1. The van der Waals surface area contributed by atoms with Gasteiger partial charge in [-0.15, -0.1) is 0 Å². The van der Waals surface area contributed by atoms with Gasteiger partial charge in [-0.25, -0.2) is 8.42 Å². The molecule has 10 nitrogen and oxygen atoms in total. The number of carbonyl (C=O) groups is 1. The molecule has 0 saturated carbocycles. The number of hydrogen-bond acceptors (Lipinski definition) is 6. The van der Waals surface area contributed by atoms with Gasteiger partial charge in [0, 0.05) is 24.9 Å². The first-order valence-corrected chi connectivity index (χ1v) is 11.7. The molecule has 1 heterocycles. The first-order valence-electron chi connectivity index (χ1n) is 7.94. The van der Waals surface area contributed by atoms with Crippen LogP contribution in [-0.4, -0.2) is 58.9 Å². The highest BCUT2D eigenvalue weighted by Gasteiger charge is 2.21. The lowest BCUT2D eigenvalue weighted by atomic mass is 10.1. The Morgan fingerprint density at radius 3 is 2.04 bits per heavy atom. The van der Waals surface area contributed by atoms with E-state index in [9.17, 15) is 21.6 Å². The third-order valence-electron chi connectivity index (χ3n) is 3.53. The SMILES string of the molecule is CS(=O)(=O)O.CS(=O)(=O)c1cc(C(=O)N=C(N)N)ccc1N1CCCCC1. The molecule has 5 N–H and O–H groups in total. The second kappa shape index (κ2) is 9.15. The van der Waals surface area contributed by atoms with Gasteiger partial charge in [-0.1, -0.05) is 0 Å². The van der Waals surface area contributed by atoms with Gasteiger partial charge >= 0.3 is 0 Å². The number of sulfone groups is 1. The van der Waals surface area contributed by atoms with Crippen LogP contribution in [0.1, 0.15) is 29.6 Å². The molecule has 2 rings (SSSR count). The Balaban J connectivity index is 0.000000646. The summed E-state index contributed by atoms with van der Waals surface area (Å²) in [4.78, 5) is 17.5. The van der Waals surface area contributed by atoms with Crippen molar-refractivity contribution in [1.29, 1.82) is 0 Å². The van der Waals surface area contributed by atoms with Crippen LogP contribution in [-0.2, 0) is 20.0 Å². The van der Waals surface area contributed by atoms with Crippen LogP contribution in [0.2, 0.25) is 0 Å². The molecule has 1 aromatic rings. The second-order valence-corrected chi connectivity index (χ2v) is 9.53. The maximum Gasteiger partial charge on any atom is 0.280 e. The molecule has 1 aromatic carbocycles. The van der Waals surface area contributed by atoms with Crippen molar-refractivity contribution in [2.75, 3.05) is 30.5 Å². The summed E-state index contributed by atoms with van der Waals surface area (Å²) in [5.41, 5.74) is 11.1. The number of nitrogens with zero attached hydrogens (tertiary/aromatic N) is 2. The van der Waals surface area contributed by atoms with Crippen LogP contribution in [0.25, 0.3) is 0 Å². The molecule has 0 atom stereocenters. The standard InChI is InChI=1S/C14H20N4O3S.CH4O3S/c1-22(20,21)12-9-10(13(19)17-14(15)16)5-6-11(12)18-7-3-2-4-8-18;1-5(2,3)4/h5-6,9H,2-4,7-8H2,1H3,(H4,15,16,17,19);1H3,(H,2,3,4). The zero-order valence-corrected chi connectivity index (χ0v) is 16.8.